The normalized spacial score (nSPS) is 21.5. The molecule has 1 N–H and O–H groups in total. The van der Waals surface area contributed by atoms with Crippen molar-refractivity contribution in [1.82, 2.24) is 14.7 Å². The summed E-state index contributed by atoms with van der Waals surface area (Å²) in [6.07, 6.45) is 5.81. The molecule has 1 aliphatic rings. The Morgan fingerprint density at radius 1 is 1.37 bits per heavy atom. The zero-order valence-corrected chi connectivity index (χ0v) is 12.5. The van der Waals surface area contributed by atoms with Gasteiger partial charge in [-0.3, -0.25) is 9.58 Å². The average molecular weight is 265 g/mol. The van der Waals surface area contributed by atoms with Crippen LogP contribution >= 0.6 is 0 Å². The molecule has 2 heterocycles. The van der Waals surface area contributed by atoms with E-state index < -0.39 is 6.10 Å². The molecule has 1 aromatic heterocycles. The van der Waals surface area contributed by atoms with E-state index in [9.17, 15) is 5.11 Å². The van der Waals surface area contributed by atoms with E-state index in [1.54, 1.807) is 6.20 Å². The van der Waals surface area contributed by atoms with E-state index in [0.29, 0.717) is 0 Å². The molecule has 108 valence electrons. The molecule has 1 fully saturated rings. The van der Waals surface area contributed by atoms with Gasteiger partial charge in [0.1, 0.15) is 6.10 Å². The summed E-state index contributed by atoms with van der Waals surface area (Å²) in [6, 6.07) is 1.96. The van der Waals surface area contributed by atoms with Gasteiger partial charge in [-0.1, -0.05) is 13.8 Å². The number of likely N-dealkylation sites (tertiary alicyclic amines) is 1. The van der Waals surface area contributed by atoms with Gasteiger partial charge < -0.3 is 5.11 Å². The van der Waals surface area contributed by atoms with Crippen molar-refractivity contribution in [1.29, 1.82) is 0 Å². The van der Waals surface area contributed by atoms with Crippen LogP contribution in [0.1, 0.15) is 58.3 Å². The molecule has 0 bridgehead atoms. The second-order valence-electron chi connectivity index (χ2n) is 5.79. The van der Waals surface area contributed by atoms with Crippen LogP contribution in [0.2, 0.25) is 0 Å². The highest BCUT2D eigenvalue weighted by atomic mass is 16.3. The molecule has 0 amide bonds. The number of rotatable bonds is 6. The van der Waals surface area contributed by atoms with Crippen molar-refractivity contribution < 1.29 is 5.11 Å². The molecular weight excluding hydrogens is 238 g/mol. The maximum absolute atomic E-state index is 10.9. The van der Waals surface area contributed by atoms with Crippen molar-refractivity contribution in [3.05, 3.63) is 18.0 Å². The number of aryl methyl sites for hydroxylation is 1. The minimum absolute atomic E-state index is 0.179. The van der Waals surface area contributed by atoms with Crippen molar-refractivity contribution in [2.45, 2.75) is 64.6 Å². The lowest BCUT2D eigenvalue weighted by atomic mass is 9.87. The molecule has 2 atom stereocenters. The summed E-state index contributed by atoms with van der Waals surface area (Å²) in [5.74, 6) is 0. The minimum atomic E-state index is -0.468. The van der Waals surface area contributed by atoms with Gasteiger partial charge in [-0.15, -0.1) is 0 Å². The second-order valence-corrected chi connectivity index (χ2v) is 5.79. The number of aliphatic hydroxyl groups excluding tert-OH is 1. The summed E-state index contributed by atoms with van der Waals surface area (Å²) in [7, 11) is 0. The second kappa shape index (κ2) is 6.06. The Balaban J connectivity index is 2.23. The van der Waals surface area contributed by atoms with Crippen molar-refractivity contribution >= 4 is 0 Å². The molecule has 4 nitrogen and oxygen atoms in total. The first-order valence-electron chi connectivity index (χ1n) is 7.58. The van der Waals surface area contributed by atoms with Gasteiger partial charge in [0.15, 0.2) is 0 Å². The molecule has 0 aliphatic carbocycles. The molecule has 0 spiro atoms. The van der Waals surface area contributed by atoms with Gasteiger partial charge in [0.25, 0.3) is 0 Å². The number of hydrogen-bond donors (Lipinski definition) is 1. The zero-order chi connectivity index (χ0) is 13.9. The lowest BCUT2D eigenvalue weighted by Crippen LogP contribution is -2.49. The van der Waals surface area contributed by atoms with E-state index in [0.717, 1.165) is 38.2 Å². The Bertz CT molecular complexity index is 398. The fourth-order valence-corrected chi connectivity index (χ4v) is 3.11. The highest BCUT2D eigenvalue weighted by Gasteiger charge is 2.40. The van der Waals surface area contributed by atoms with Crippen LogP contribution < -0.4 is 0 Å². The van der Waals surface area contributed by atoms with Crippen LogP contribution in [0, 0.1) is 0 Å². The van der Waals surface area contributed by atoms with Crippen LogP contribution in [-0.4, -0.2) is 38.4 Å². The van der Waals surface area contributed by atoms with Gasteiger partial charge in [-0.2, -0.15) is 5.10 Å². The Morgan fingerprint density at radius 2 is 2.05 bits per heavy atom. The quantitative estimate of drug-likeness (QED) is 0.859. The SMILES string of the molecule is CCCn1nccc1C(O)C(C)(CC)N1CCCC1. The molecule has 1 aromatic rings. The summed E-state index contributed by atoms with van der Waals surface area (Å²) in [5, 5.41) is 15.2. The Morgan fingerprint density at radius 3 is 2.63 bits per heavy atom. The predicted molar refractivity (Wildman–Crippen MR) is 77.0 cm³/mol. The summed E-state index contributed by atoms with van der Waals surface area (Å²) in [4.78, 5) is 2.45. The maximum Gasteiger partial charge on any atom is 0.114 e. The molecule has 0 saturated carbocycles. The zero-order valence-electron chi connectivity index (χ0n) is 12.5. The molecular formula is C15H27N3O. The molecule has 0 aromatic carbocycles. The first-order valence-corrected chi connectivity index (χ1v) is 7.58. The van der Waals surface area contributed by atoms with Crippen molar-refractivity contribution in [3.8, 4) is 0 Å². The number of hydrogen-bond acceptors (Lipinski definition) is 3. The largest absolute Gasteiger partial charge is 0.385 e. The van der Waals surface area contributed by atoms with E-state index in [2.05, 4.69) is 30.8 Å². The fraction of sp³-hybridized carbons (Fsp3) is 0.800. The van der Waals surface area contributed by atoms with E-state index in [-0.39, 0.29) is 5.54 Å². The third-order valence-electron chi connectivity index (χ3n) is 4.60. The molecule has 1 aliphatic heterocycles. The van der Waals surface area contributed by atoms with Crippen molar-refractivity contribution in [2.75, 3.05) is 13.1 Å². The van der Waals surface area contributed by atoms with E-state index in [1.165, 1.54) is 12.8 Å². The van der Waals surface area contributed by atoms with Crippen LogP contribution in [-0.2, 0) is 6.54 Å². The predicted octanol–water partition coefficient (Wildman–Crippen LogP) is 2.59. The van der Waals surface area contributed by atoms with Gasteiger partial charge in [0.05, 0.1) is 5.69 Å². The lowest BCUT2D eigenvalue weighted by molar-refractivity contribution is -0.0188. The van der Waals surface area contributed by atoms with Crippen LogP contribution in [0.4, 0.5) is 0 Å². The van der Waals surface area contributed by atoms with E-state index in [1.807, 2.05) is 10.7 Å². The molecule has 0 radical (unpaired) electrons. The van der Waals surface area contributed by atoms with Crippen molar-refractivity contribution in [3.63, 3.8) is 0 Å². The van der Waals surface area contributed by atoms with E-state index in [4.69, 9.17) is 0 Å². The molecule has 1 saturated heterocycles. The lowest BCUT2D eigenvalue weighted by Gasteiger charge is -2.42. The summed E-state index contributed by atoms with van der Waals surface area (Å²) >= 11 is 0. The number of nitrogens with zero attached hydrogens (tertiary/aromatic N) is 3. The molecule has 2 rings (SSSR count). The fourth-order valence-electron chi connectivity index (χ4n) is 3.11. The third kappa shape index (κ3) is 2.70. The van der Waals surface area contributed by atoms with E-state index >= 15 is 0 Å². The van der Waals surface area contributed by atoms with Crippen LogP contribution in [0.25, 0.3) is 0 Å². The Kier molecular flexibility index (Phi) is 4.63. The number of aromatic nitrogens is 2. The monoisotopic (exact) mass is 265 g/mol. The Hall–Kier alpha value is -0.870. The standard InChI is InChI=1S/C15H27N3O/c1-4-10-18-13(8-9-16-18)14(19)15(3,5-2)17-11-6-7-12-17/h8-9,14,19H,4-7,10-12H2,1-3H3. The van der Waals surface area contributed by atoms with Gasteiger partial charge in [0, 0.05) is 18.3 Å². The summed E-state index contributed by atoms with van der Waals surface area (Å²) < 4.78 is 1.95. The van der Waals surface area contributed by atoms with Crippen LogP contribution in [0.3, 0.4) is 0 Å². The maximum atomic E-state index is 10.9. The van der Waals surface area contributed by atoms with Crippen LogP contribution in [0.15, 0.2) is 12.3 Å². The highest BCUT2D eigenvalue weighted by molar-refractivity contribution is 5.12. The number of aliphatic hydroxyl groups is 1. The molecule has 4 heteroatoms. The summed E-state index contributed by atoms with van der Waals surface area (Å²) in [5.41, 5.74) is 0.778. The molecule has 2 unspecified atom stereocenters. The summed E-state index contributed by atoms with van der Waals surface area (Å²) in [6.45, 7) is 9.57. The van der Waals surface area contributed by atoms with Crippen molar-refractivity contribution in [2.24, 2.45) is 0 Å². The van der Waals surface area contributed by atoms with Crippen LogP contribution in [0.5, 0.6) is 0 Å². The van der Waals surface area contributed by atoms with Gasteiger partial charge in [-0.05, 0) is 51.8 Å². The minimum Gasteiger partial charge on any atom is -0.385 e. The topological polar surface area (TPSA) is 41.3 Å². The van der Waals surface area contributed by atoms with Gasteiger partial charge >= 0.3 is 0 Å². The first-order chi connectivity index (χ1) is 9.13. The highest BCUT2D eigenvalue weighted by Crippen LogP contribution is 2.36. The first kappa shape index (κ1) is 14.5. The Labute approximate surface area is 116 Å². The molecule has 19 heavy (non-hydrogen) atoms. The van der Waals surface area contributed by atoms with Gasteiger partial charge in [0.2, 0.25) is 0 Å². The average Bonchev–Trinajstić information content (AvgIpc) is 3.08. The third-order valence-corrected chi connectivity index (χ3v) is 4.60. The van der Waals surface area contributed by atoms with Gasteiger partial charge in [-0.25, -0.2) is 0 Å². The smallest absolute Gasteiger partial charge is 0.114 e.